The number of aromatic nitrogens is 6. The molecule has 4 aromatic rings. The molecule has 5 heterocycles. The van der Waals surface area contributed by atoms with Crippen LogP contribution in [-0.4, -0.2) is 34.8 Å². The van der Waals surface area contributed by atoms with Crippen molar-refractivity contribution in [1.29, 1.82) is 0 Å². The summed E-state index contributed by atoms with van der Waals surface area (Å²) in [5.41, 5.74) is 2.08. The summed E-state index contributed by atoms with van der Waals surface area (Å²) in [7, 11) is 0. The second-order valence-electron chi connectivity index (χ2n) is 5.98. The summed E-state index contributed by atoms with van der Waals surface area (Å²) in [4.78, 5) is 2.39. The van der Waals surface area contributed by atoms with Crippen molar-refractivity contribution in [2.45, 2.75) is 38.9 Å². The van der Waals surface area contributed by atoms with Gasteiger partial charge in [0.25, 0.3) is 0 Å². The van der Waals surface area contributed by atoms with E-state index in [9.17, 15) is 0 Å². The fourth-order valence-electron chi connectivity index (χ4n) is 3.18. The van der Waals surface area contributed by atoms with Crippen molar-refractivity contribution in [2.24, 2.45) is 0 Å². The van der Waals surface area contributed by atoms with Crippen LogP contribution in [0.5, 0.6) is 0 Å². The Morgan fingerprint density at radius 3 is 2.95 bits per heavy atom. The van der Waals surface area contributed by atoms with Crippen molar-refractivity contribution in [3.05, 3.63) is 23.1 Å². The zero-order valence-electron chi connectivity index (χ0n) is 12.3. The van der Waals surface area contributed by atoms with Gasteiger partial charge < -0.3 is 4.74 Å². The molecule has 0 aliphatic carbocycles. The summed E-state index contributed by atoms with van der Waals surface area (Å²) in [6, 6.07) is 0. The smallest absolute Gasteiger partial charge is 0.243 e. The molecule has 4 aromatic heterocycles. The van der Waals surface area contributed by atoms with Gasteiger partial charge in [0.2, 0.25) is 5.78 Å². The van der Waals surface area contributed by atoms with Crippen LogP contribution in [0.25, 0.3) is 21.6 Å². The molecule has 22 heavy (non-hydrogen) atoms. The third-order valence-corrected chi connectivity index (χ3v) is 5.86. The zero-order valence-corrected chi connectivity index (χ0v) is 13.1. The lowest BCUT2D eigenvalue weighted by molar-refractivity contribution is -0.0542. The molecule has 0 amide bonds. The molecule has 0 N–H and O–H groups in total. The minimum Gasteiger partial charge on any atom is -0.369 e. The van der Waals surface area contributed by atoms with Gasteiger partial charge in [-0.3, -0.25) is 4.40 Å². The van der Waals surface area contributed by atoms with E-state index in [1.807, 2.05) is 8.80 Å². The second kappa shape index (κ2) is 4.02. The first kappa shape index (κ1) is 12.5. The van der Waals surface area contributed by atoms with Gasteiger partial charge in [0.1, 0.15) is 17.5 Å². The molecule has 1 aliphatic rings. The number of thiophene rings is 1. The molecular weight excluding hydrogens is 300 g/mol. The van der Waals surface area contributed by atoms with Gasteiger partial charge in [0.15, 0.2) is 5.65 Å². The monoisotopic (exact) mass is 314 g/mol. The Morgan fingerprint density at radius 1 is 1.27 bits per heavy atom. The number of nitrogens with zero attached hydrogens (tertiary/aromatic N) is 6. The molecule has 1 atom stereocenters. The quantitative estimate of drug-likeness (QED) is 0.539. The van der Waals surface area contributed by atoms with E-state index in [4.69, 9.17) is 4.74 Å². The van der Waals surface area contributed by atoms with Crippen LogP contribution in [0.2, 0.25) is 0 Å². The van der Waals surface area contributed by atoms with E-state index in [-0.39, 0.29) is 5.60 Å². The van der Waals surface area contributed by atoms with E-state index < -0.39 is 0 Å². The highest BCUT2D eigenvalue weighted by Crippen LogP contribution is 2.41. The Balaban J connectivity index is 1.95. The minimum absolute atomic E-state index is 0.111. The van der Waals surface area contributed by atoms with Crippen LogP contribution >= 0.6 is 11.3 Å². The molecule has 0 aromatic carbocycles. The maximum atomic E-state index is 6.08. The largest absolute Gasteiger partial charge is 0.369 e. The van der Waals surface area contributed by atoms with Gasteiger partial charge in [-0.15, -0.1) is 31.7 Å². The van der Waals surface area contributed by atoms with Crippen molar-refractivity contribution >= 4 is 33.0 Å². The first-order valence-corrected chi connectivity index (χ1v) is 8.11. The topological polar surface area (TPSA) is 69.6 Å². The van der Waals surface area contributed by atoms with Gasteiger partial charge in [-0.2, -0.15) is 0 Å². The third kappa shape index (κ3) is 1.43. The van der Waals surface area contributed by atoms with Crippen molar-refractivity contribution in [3.63, 3.8) is 0 Å². The lowest BCUT2D eigenvalue weighted by atomic mass is 9.90. The molecule has 0 bridgehead atoms. The van der Waals surface area contributed by atoms with Gasteiger partial charge in [-0.25, -0.2) is 4.40 Å². The summed E-state index contributed by atoms with van der Waals surface area (Å²) >= 11 is 1.74. The van der Waals surface area contributed by atoms with Crippen molar-refractivity contribution < 1.29 is 4.74 Å². The molecule has 1 unspecified atom stereocenters. The van der Waals surface area contributed by atoms with Gasteiger partial charge in [0.05, 0.1) is 17.6 Å². The maximum Gasteiger partial charge on any atom is 0.243 e. The van der Waals surface area contributed by atoms with Gasteiger partial charge >= 0.3 is 0 Å². The second-order valence-corrected chi connectivity index (χ2v) is 7.06. The van der Waals surface area contributed by atoms with Gasteiger partial charge in [-0.05, 0) is 18.9 Å². The van der Waals surface area contributed by atoms with E-state index in [1.54, 1.807) is 24.0 Å². The summed E-state index contributed by atoms with van der Waals surface area (Å²) in [6.07, 6.45) is 5.33. The minimum atomic E-state index is -0.111. The standard InChI is InChI=1S/C14H14N6OS/c1-3-14(2)4-8-9(5-21-14)22-12-10(8)11-17-15-6-19(11)13-18-16-7-20(12)13/h6-7H,3-5H2,1-2H3. The molecule has 5 rings (SSSR count). The molecule has 1 aliphatic heterocycles. The van der Waals surface area contributed by atoms with Crippen LogP contribution < -0.4 is 0 Å². The van der Waals surface area contributed by atoms with Crippen LogP contribution in [-0.2, 0) is 17.8 Å². The van der Waals surface area contributed by atoms with E-state index in [2.05, 4.69) is 34.2 Å². The zero-order chi connectivity index (χ0) is 14.9. The summed E-state index contributed by atoms with van der Waals surface area (Å²) in [6.45, 7) is 5.00. The van der Waals surface area contributed by atoms with E-state index in [1.165, 1.54) is 10.4 Å². The summed E-state index contributed by atoms with van der Waals surface area (Å²) in [5, 5.41) is 17.8. The SMILES string of the molecule is CCC1(C)Cc2c(sc3c2c2nncn2c2nncn32)CO1. The predicted molar refractivity (Wildman–Crippen MR) is 82.1 cm³/mol. The summed E-state index contributed by atoms with van der Waals surface area (Å²) < 4.78 is 10.0. The maximum absolute atomic E-state index is 6.08. The molecule has 8 heteroatoms. The molecule has 0 fully saturated rings. The van der Waals surface area contributed by atoms with Crippen LogP contribution in [0.1, 0.15) is 30.7 Å². The lowest BCUT2D eigenvalue weighted by Gasteiger charge is -2.32. The fraction of sp³-hybridized carbons (Fsp3) is 0.429. The molecule has 0 saturated heterocycles. The average Bonchev–Trinajstić information content (AvgIpc) is 3.22. The highest BCUT2D eigenvalue weighted by molar-refractivity contribution is 7.19. The Kier molecular flexibility index (Phi) is 2.28. The van der Waals surface area contributed by atoms with Crippen molar-refractivity contribution in [3.8, 4) is 0 Å². The third-order valence-electron chi connectivity index (χ3n) is 4.66. The molecule has 112 valence electrons. The lowest BCUT2D eigenvalue weighted by Crippen LogP contribution is -2.33. The average molecular weight is 314 g/mol. The highest BCUT2D eigenvalue weighted by atomic mass is 32.1. The van der Waals surface area contributed by atoms with Crippen LogP contribution in [0.15, 0.2) is 12.7 Å². The number of hydrogen-bond donors (Lipinski definition) is 0. The Morgan fingerprint density at radius 2 is 2.09 bits per heavy atom. The molecule has 0 radical (unpaired) electrons. The Labute approximate surface area is 129 Å². The van der Waals surface area contributed by atoms with E-state index >= 15 is 0 Å². The molecule has 0 saturated carbocycles. The fourth-order valence-corrected chi connectivity index (χ4v) is 4.37. The van der Waals surface area contributed by atoms with Crippen LogP contribution in [0, 0.1) is 0 Å². The highest BCUT2D eigenvalue weighted by Gasteiger charge is 2.33. The Bertz CT molecular complexity index is 1030. The number of ether oxygens (including phenoxy) is 1. The van der Waals surface area contributed by atoms with Crippen LogP contribution in [0.4, 0.5) is 0 Å². The predicted octanol–water partition coefficient (Wildman–Crippen LogP) is 2.23. The van der Waals surface area contributed by atoms with Crippen LogP contribution in [0.3, 0.4) is 0 Å². The number of rotatable bonds is 1. The first-order valence-electron chi connectivity index (χ1n) is 7.30. The molecular formula is C14H14N6OS. The molecule has 0 spiro atoms. The first-order chi connectivity index (χ1) is 10.7. The van der Waals surface area contributed by atoms with Gasteiger partial charge in [0, 0.05) is 11.3 Å². The molecule has 7 nitrogen and oxygen atoms in total. The number of hydrogen-bond acceptors (Lipinski definition) is 6. The van der Waals surface area contributed by atoms with E-state index in [0.29, 0.717) is 6.61 Å². The number of fused-ring (bicyclic) bond motifs is 8. The van der Waals surface area contributed by atoms with Crippen molar-refractivity contribution in [1.82, 2.24) is 29.2 Å². The van der Waals surface area contributed by atoms with E-state index in [0.717, 1.165) is 34.5 Å². The van der Waals surface area contributed by atoms with Gasteiger partial charge in [-0.1, -0.05) is 6.92 Å². The summed E-state index contributed by atoms with van der Waals surface area (Å²) in [5.74, 6) is 0.741. The Hall–Kier alpha value is -2.06. The normalized spacial score (nSPS) is 21.9. The van der Waals surface area contributed by atoms with Crippen molar-refractivity contribution in [2.75, 3.05) is 0 Å².